The lowest BCUT2D eigenvalue weighted by Gasteiger charge is -2.22. The Morgan fingerprint density at radius 1 is 0.654 bits per heavy atom. The third-order valence-corrected chi connectivity index (χ3v) is 4.53. The van der Waals surface area contributed by atoms with Crippen molar-refractivity contribution in [3.05, 3.63) is 0 Å². The lowest BCUT2D eigenvalue weighted by molar-refractivity contribution is -0.0223. The molecule has 0 rings (SSSR count). The maximum atomic E-state index is 11.6. The first-order valence-electron chi connectivity index (χ1n) is 8.14. The van der Waals surface area contributed by atoms with Gasteiger partial charge in [-0.3, -0.25) is 18.1 Å². The van der Waals surface area contributed by atoms with Gasteiger partial charge in [-0.05, 0) is 41.5 Å². The summed E-state index contributed by atoms with van der Waals surface area (Å²) in [7, 11) is -8.33. The standard InChI is InChI=1S/C14H32O10P2/c1-13(2,3)20-9-12-22-25(15,16)21-10-7-19-8-11-23-26(17,18)24-14(4,5)6/h7-12H2,1-6H3,(H,15,16)(H,17,18). The van der Waals surface area contributed by atoms with Gasteiger partial charge in [0.2, 0.25) is 0 Å². The molecule has 0 bridgehead atoms. The van der Waals surface area contributed by atoms with Gasteiger partial charge in [0.05, 0.1) is 50.8 Å². The molecule has 12 heteroatoms. The molecule has 0 amide bonds. The van der Waals surface area contributed by atoms with Gasteiger partial charge in [-0.1, -0.05) is 0 Å². The summed E-state index contributed by atoms with van der Waals surface area (Å²) >= 11 is 0. The van der Waals surface area contributed by atoms with Crippen molar-refractivity contribution in [2.45, 2.75) is 52.7 Å². The summed E-state index contributed by atoms with van der Waals surface area (Å²) in [6, 6.07) is 0. The molecule has 0 aliphatic heterocycles. The molecule has 0 fully saturated rings. The van der Waals surface area contributed by atoms with E-state index in [9.17, 15) is 18.9 Å². The third-order valence-electron chi connectivity index (χ3n) is 2.23. The van der Waals surface area contributed by atoms with Crippen molar-refractivity contribution in [3.63, 3.8) is 0 Å². The van der Waals surface area contributed by atoms with Crippen LogP contribution in [0.3, 0.4) is 0 Å². The van der Waals surface area contributed by atoms with Crippen LogP contribution in [0.15, 0.2) is 0 Å². The van der Waals surface area contributed by atoms with Crippen molar-refractivity contribution in [1.82, 2.24) is 0 Å². The second kappa shape index (κ2) is 11.2. The molecule has 0 aromatic rings. The van der Waals surface area contributed by atoms with Crippen molar-refractivity contribution in [1.29, 1.82) is 0 Å². The Morgan fingerprint density at radius 2 is 1.08 bits per heavy atom. The van der Waals surface area contributed by atoms with Gasteiger partial charge in [-0.15, -0.1) is 0 Å². The Bertz CT molecular complexity index is 483. The van der Waals surface area contributed by atoms with Crippen molar-refractivity contribution < 1.29 is 46.5 Å². The number of phosphoric acid groups is 2. The zero-order valence-corrected chi connectivity index (χ0v) is 18.1. The van der Waals surface area contributed by atoms with Crippen molar-refractivity contribution in [3.8, 4) is 0 Å². The van der Waals surface area contributed by atoms with Crippen LogP contribution in [-0.2, 0) is 36.7 Å². The van der Waals surface area contributed by atoms with E-state index in [0.29, 0.717) is 0 Å². The summed E-state index contributed by atoms with van der Waals surface area (Å²) in [4.78, 5) is 18.9. The van der Waals surface area contributed by atoms with E-state index >= 15 is 0 Å². The number of hydrogen-bond acceptors (Lipinski definition) is 8. The summed E-state index contributed by atoms with van der Waals surface area (Å²) < 4.78 is 52.6. The highest BCUT2D eigenvalue weighted by atomic mass is 31.2. The molecule has 10 nitrogen and oxygen atoms in total. The molecule has 0 saturated heterocycles. The molecule has 0 saturated carbocycles. The first-order valence-corrected chi connectivity index (χ1v) is 11.1. The molecule has 2 N–H and O–H groups in total. The number of phosphoric ester groups is 2. The Balaban J connectivity index is 3.76. The minimum Gasteiger partial charge on any atom is -0.377 e. The molecule has 2 atom stereocenters. The van der Waals surface area contributed by atoms with E-state index in [1.807, 2.05) is 20.8 Å². The van der Waals surface area contributed by atoms with Gasteiger partial charge in [0.25, 0.3) is 0 Å². The molecule has 0 heterocycles. The molecule has 0 aromatic carbocycles. The predicted molar refractivity (Wildman–Crippen MR) is 94.9 cm³/mol. The van der Waals surface area contributed by atoms with E-state index < -0.39 is 21.2 Å². The van der Waals surface area contributed by atoms with Crippen molar-refractivity contribution in [2.75, 3.05) is 39.6 Å². The highest BCUT2D eigenvalue weighted by molar-refractivity contribution is 7.47. The summed E-state index contributed by atoms with van der Waals surface area (Å²) in [6.45, 7) is 10.1. The van der Waals surface area contributed by atoms with Gasteiger partial charge < -0.3 is 19.3 Å². The van der Waals surface area contributed by atoms with E-state index in [2.05, 4.69) is 0 Å². The largest absolute Gasteiger partial charge is 0.472 e. The summed E-state index contributed by atoms with van der Waals surface area (Å²) in [6.07, 6.45) is 0. The smallest absolute Gasteiger partial charge is 0.377 e. The van der Waals surface area contributed by atoms with Gasteiger partial charge in [-0.2, -0.15) is 0 Å². The Morgan fingerprint density at radius 3 is 1.50 bits per heavy atom. The fraction of sp³-hybridized carbons (Fsp3) is 1.00. The van der Waals surface area contributed by atoms with Crippen LogP contribution in [0, 0.1) is 0 Å². The minimum absolute atomic E-state index is 0.0164. The van der Waals surface area contributed by atoms with Gasteiger partial charge in [0.1, 0.15) is 0 Å². The first-order chi connectivity index (χ1) is 11.6. The second-order valence-corrected chi connectivity index (χ2v) is 10.0. The Labute approximate surface area is 155 Å². The van der Waals surface area contributed by atoms with Gasteiger partial charge in [0, 0.05) is 0 Å². The van der Waals surface area contributed by atoms with Crippen LogP contribution in [0.2, 0.25) is 0 Å². The summed E-state index contributed by atoms with van der Waals surface area (Å²) in [5.41, 5.74) is -1.19. The van der Waals surface area contributed by atoms with Crippen LogP contribution in [0.25, 0.3) is 0 Å². The summed E-state index contributed by atoms with van der Waals surface area (Å²) in [5, 5.41) is 0. The maximum absolute atomic E-state index is 11.6. The fourth-order valence-corrected chi connectivity index (χ4v) is 3.17. The predicted octanol–water partition coefficient (Wildman–Crippen LogP) is 2.88. The van der Waals surface area contributed by atoms with Crippen LogP contribution in [0.4, 0.5) is 0 Å². The molecule has 158 valence electrons. The molecular formula is C14H32O10P2. The maximum Gasteiger partial charge on any atom is 0.472 e. The molecule has 2 unspecified atom stereocenters. The molecule has 0 spiro atoms. The zero-order valence-electron chi connectivity index (χ0n) is 16.3. The fourth-order valence-electron chi connectivity index (χ4n) is 1.44. The van der Waals surface area contributed by atoms with Crippen LogP contribution in [0.1, 0.15) is 41.5 Å². The van der Waals surface area contributed by atoms with Crippen LogP contribution in [0.5, 0.6) is 0 Å². The first kappa shape index (κ1) is 26.1. The highest BCUT2D eigenvalue weighted by Gasteiger charge is 2.28. The molecule has 0 aromatic heterocycles. The minimum atomic E-state index is -4.18. The third kappa shape index (κ3) is 17.5. The highest BCUT2D eigenvalue weighted by Crippen LogP contribution is 2.47. The van der Waals surface area contributed by atoms with E-state index in [1.165, 1.54) is 0 Å². The van der Waals surface area contributed by atoms with Crippen LogP contribution < -0.4 is 0 Å². The quantitative estimate of drug-likeness (QED) is 0.337. The number of hydrogen-bond donors (Lipinski definition) is 2. The van der Waals surface area contributed by atoms with Gasteiger partial charge in [0.15, 0.2) is 0 Å². The lowest BCUT2D eigenvalue weighted by atomic mass is 10.2. The number of rotatable bonds is 13. The van der Waals surface area contributed by atoms with E-state index in [-0.39, 0.29) is 45.2 Å². The van der Waals surface area contributed by atoms with E-state index in [0.717, 1.165) is 0 Å². The van der Waals surface area contributed by atoms with Crippen LogP contribution >= 0.6 is 15.6 Å². The van der Waals surface area contributed by atoms with Crippen LogP contribution in [-0.4, -0.2) is 60.6 Å². The van der Waals surface area contributed by atoms with Crippen molar-refractivity contribution in [2.24, 2.45) is 0 Å². The second-order valence-electron chi connectivity index (χ2n) is 7.21. The number of ether oxygens (including phenoxy) is 2. The van der Waals surface area contributed by atoms with Crippen molar-refractivity contribution >= 4 is 15.6 Å². The monoisotopic (exact) mass is 422 g/mol. The molecule has 26 heavy (non-hydrogen) atoms. The van der Waals surface area contributed by atoms with Gasteiger partial charge in [-0.25, -0.2) is 9.13 Å². The Kier molecular flexibility index (Phi) is 11.3. The lowest BCUT2D eigenvalue weighted by Crippen LogP contribution is -2.21. The normalized spacial score (nSPS) is 17.7. The molecular weight excluding hydrogens is 390 g/mol. The molecule has 0 aliphatic rings. The SMILES string of the molecule is CC(C)(C)OCCOP(=O)(O)OCCOCCOP(=O)(O)OC(C)(C)C. The molecule has 0 aliphatic carbocycles. The van der Waals surface area contributed by atoms with E-state index in [4.69, 9.17) is 27.6 Å². The average molecular weight is 422 g/mol. The molecule has 0 radical (unpaired) electrons. The zero-order chi connectivity index (χ0) is 20.5. The topological polar surface area (TPSA) is 130 Å². The average Bonchev–Trinajstić information content (AvgIpc) is 2.39. The van der Waals surface area contributed by atoms with E-state index in [1.54, 1.807) is 20.8 Å². The summed E-state index contributed by atoms with van der Waals surface area (Å²) in [5.74, 6) is 0. The van der Waals surface area contributed by atoms with Gasteiger partial charge >= 0.3 is 15.6 Å². The Hall–Kier alpha value is 0.140.